The van der Waals surface area contributed by atoms with Gasteiger partial charge in [-0.2, -0.15) is 0 Å². The van der Waals surface area contributed by atoms with E-state index < -0.39 is 0 Å². The number of aromatic nitrogens is 1. The smallest absolute Gasteiger partial charge is 0.128 e. The minimum atomic E-state index is 0.561. The number of aryl methyl sites for hydroxylation is 1. The van der Waals surface area contributed by atoms with Gasteiger partial charge < -0.3 is 10.2 Å². The molecule has 1 atom stereocenters. The predicted molar refractivity (Wildman–Crippen MR) is 70.0 cm³/mol. The highest BCUT2D eigenvalue weighted by Gasteiger charge is 2.16. The van der Waals surface area contributed by atoms with E-state index in [4.69, 9.17) is 0 Å². The van der Waals surface area contributed by atoms with E-state index in [9.17, 15) is 0 Å². The average molecular weight is 221 g/mol. The lowest BCUT2D eigenvalue weighted by Crippen LogP contribution is -2.49. The first kappa shape index (κ1) is 13.0. The van der Waals surface area contributed by atoms with Gasteiger partial charge in [0.05, 0.1) is 0 Å². The van der Waals surface area contributed by atoms with E-state index in [0.29, 0.717) is 6.04 Å². The molecule has 16 heavy (non-hydrogen) atoms. The molecule has 1 aromatic rings. The summed E-state index contributed by atoms with van der Waals surface area (Å²) < 4.78 is 0. The Morgan fingerprint density at radius 1 is 1.44 bits per heavy atom. The number of nitrogens with one attached hydrogen (secondary N) is 1. The molecule has 1 fully saturated rings. The Morgan fingerprint density at radius 3 is 2.81 bits per heavy atom. The van der Waals surface area contributed by atoms with Gasteiger partial charge in [0.15, 0.2) is 0 Å². The molecular formula is C13H23N3. The standard InChI is InChI=1S/C11H17N3.C2H6/c1-9-3-4-13-11(7-9)14-6-5-12-10(2)8-14;1-2/h3-4,7,10,12H,5-6,8H2,1-2H3;1-2H3/t10-;/m0./s1. The number of piperazine rings is 1. The maximum absolute atomic E-state index is 4.40. The van der Waals surface area contributed by atoms with E-state index in [1.54, 1.807) is 0 Å². The van der Waals surface area contributed by atoms with Crippen molar-refractivity contribution < 1.29 is 0 Å². The lowest BCUT2D eigenvalue weighted by Gasteiger charge is -2.32. The molecule has 3 nitrogen and oxygen atoms in total. The van der Waals surface area contributed by atoms with Crippen molar-refractivity contribution in [2.45, 2.75) is 33.7 Å². The Hall–Kier alpha value is -1.09. The molecule has 0 unspecified atom stereocenters. The molecule has 0 amide bonds. The SMILES string of the molecule is CC.Cc1ccnc(N2CCN[C@@H](C)C2)c1. The fraction of sp³-hybridized carbons (Fsp3) is 0.615. The van der Waals surface area contributed by atoms with Gasteiger partial charge in [0, 0.05) is 31.9 Å². The van der Waals surface area contributed by atoms with Crippen LogP contribution in [-0.4, -0.2) is 30.7 Å². The topological polar surface area (TPSA) is 28.2 Å². The third kappa shape index (κ3) is 3.49. The fourth-order valence-electron chi connectivity index (χ4n) is 1.83. The van der Waals surface area contributed by atoms with Crippen LogP contribution in [0.15, 0.2) is 18.3 Å². The summed E-state index contributed by atoms with van der Waals surface area (Å²) in [4.78, 5) is 6.74. The molecule has 0 aliphatic carbocycles. The van der Waals surface area contributed by atoms with Crippen LogP contribution in [0.25, 0.3) is 0 Å². The van der Waals surface area contributed by atoms with Crippen molar-refractivity contribution in [3.63, 3.8) is 0 Å². The number of rotatable bonds is 1. The molecule has 2 rings (SSSR count). The van der Waals surface area contributed by atoms with Crippen LogP contribution in [-0.2, 0) is 0 Å². The second kappa shape index (κ2) is 6.48. The number of anilines is 1. The van der Waals surface area contributed by atoms with Gasteiger partial charge in [0.2, 0.25) is 0 Å². The van der Waals surface area contributed by atoms with Crippen molar-refractivity contribution in [3.05, 3.63) is 23.9 Å². The Labute approximate surface area is 98.9 Å². The highest BCUT2D eigenvalue weighted by atomic mass is 15.2. The van der Waals surface area contributed by atoms with Crippen LogP contribution in [0.2, 0.25) is 0 Å². The van der Waals surface area contributed by atoms with Gasteiger partial charge in [-0.3, -0.25) is 0 Å². The van der Waals surface area contributed by atoms with Gasteiger partial charge in [0.1, 0.15) is 5.82 Å². The zero-order valence-electron chi connectivity index (χ0n) is 10.8. The van der Waals surface area contributed by atoms with Gasteiger partial charge >= 0.3 is 0 Å². The number of hydrogen-bond acceptors (Lipinski definition) is 3. The van der Waals surface area contributed by atoms with Crippen molar-refractivity contribution in [2.24, 2.45) is 0 Å². The van der Waals surface area contributed by atoms with Crippen LogP contribution in [0, 0.1) is 6.92 Å². The van der Waals surface area contributed by atoms with Crippen LogP contribution in [0.5, 0.6) is 0 Å². The van der Waals surface area contributed by atoms with Gasteiger partial charge in [0.25, 0.3) is 0 Å². The molecule has 1 aromatic heterocycles. The molecule has 0 bridgehead atoms. The molecule has 1 saturated heterocycles. The summed E-state index contributed by atoms with van der Waals surface area (Å²) in [5, 5.41) is 3.43. The van der Waals surface area contributed by atoms with Gasteiger partial charge in [-0.25, -0.2) is 4.98 Å². The van der Waals surface area contributed by atoms with E-state index in [0.717, 1.165) is 25.5 Å². The second-order valence-corrected chi connectivity index (χ2v) is 3.99. The molecule has 3 heteroatoms. The molecule has 0 aromatic carbocycles. The van der Waals surface area contributed by atoms with Crippen LogP contribution in [0.4, 0.5) is 5.82 Å². The normalized spacial score (nSPS) is 20.0. The highest BCUT2D eigenvalue weighted by molar-refractivity contribution is 5.41. The number of hydrogen-bond donors (Lipinski definition) is 1. The molecule has 0 radical (unpaired) electrons. The zero-order chi connectivity index (χ0) is 12.0. The van der Waals surface area contributed by atoms with E-state index in [-0.39, 0.29) is 0 Å². The first-order valence-corrected chi connectivity index (χ1v) is 6.17. The summed E-state index contributed by atoms with van der Waals surface area (Å²) in [6, 6.07) is 4.75. The summed E-state index contributed by atoms with van der Waals surface area (Å²) in [6.45, 7) is 11.5. The Morgan fingerprint density at radius 2 is 2.19 bits per heavy atom. The second-order valence-electron chi connectivity index (χ2n) is 3.99. The van der Waals surface area contributed by atoms with Gasteiger partial charge in [-0.15, -0.1) is 0 Å². The maximum Gasteiger partial charge on any atom is 0.128 e. The quantitative estimate of drug-likeness (QED) is 0.788. The molecule has 90 valence electrons. The molecule has 1 aliphatic heterocycles. The van der Waals surface area contributed by atoms with Crippen molar-refractivity contribution in [1.29, 1.82) is 0 Å². The summed E-state index contributed by atoms with van der Waals surface area (Å²) >= 11 is 0. The molecular weight excluding hydrogens is 198 g/mol. The lowest BCUT2D eigenvalue weighted by molar-refractivity contribution is 0.482. The molecule has 0 spiro atoms. The highest BCUT2D eigenvalue weighted by Crippen LogP contribution is 2.13. The summed E-state index contributed by atoms with van der Waals surface area (Å²) in [6.07, 6.45) is 1.89. The fourth-order valence-corrected chi connectivity index (χ4v) is 1.83. The average Bonchev–Trinajstić information content (AvgIpc) is 2.32. The Kier molecular flexibility index (Phi) is 5.26. The third-order valence-electron chi connectivity index (χ3n) is 2.59. The number of nitrogens with zero attached hydrogens (tertiary/aromatic N) is 2. The van der Waals surface area contributed by atoms with Gasteiger partial charge in [-0.05, 0) is 31.5 Å². The Balaban J connectivity index is 0.000000606. The first-order valence-electron chi connectivity index (χ1n) is 6.17. The third-order valence-corrected chi connectivity index (χ3v) is 2.59. The monoisotopic (exact) mass is 221 g/mol. The van der Waals surface area contributed by atoms with E-state index >= 15 is 0 Å². The molecule has 1 N–H and O–H groups in total. The number of pyridine rings is 1. The van der Waals surface area contributed by atoms with E-state index in [1.165, 1.54) is 5.56 Å². The largest absolute Gasteiger partial charge is 0.354 e. The zero-order valence-corrected chi connectivity index (χ0v) is 10.8. The van der Waals surface area contributed by atoms with Crippen LogP contribution in [0.3, 0.4) is 0 Å². The summed E-state index contributed by atoms with van der Waals surface area (Å²) in [5.41, 5.74) is 1.28. The summed E-state index contributed by atoms with van der Waals surface area (Å²) in [5.74, 6) is 1.11. The maximum atomic E-state index is 4.40. The van der Waals surface area contributed by atoms with E-state index in [1.807, 2.05) is 26.1 Å². The van der Waals surface area contributed by atoms with Crippen LogP contribution >= 0.6 is 0 Å². The summed E-state index contributed by atoms with van der Waals surface area (Å²) in [7, 11) is 0. The van der Waals surface area contributed by atoms with Crippen LogP contribution < -0.4 is 10.2 Å². The van der Waals surface area contributed by atoms with Crippen molar-refractivity contribution >= 4 is 5.82 Å². The first-order chi connectivity index (χ1) is 7.75. The molecule has 1 aliphatic rings. The van der Waals surface area contributed by atoms with E-state index in [2.05, 4.69) is 35.1 Å². The van der Waals surface area contributed by atoms with Crippen molar-refractivity contribution in [3.8, 4) is 0 Å². The minimum absolute atomic E-state index is 0.561. The van der Waals surface area contributed by atoms with Crippen LogP contribution in [0.1, 0.15) is 26.3 Å². The minimum Gasteiger partial charge on any atom is -0.354 e. The Bertz CT molecular complexity index is 312. The molecule has 2 heterocycles. The van der Waals surface area contributed by atoms with Crippen molar-refractivity contribution in [2.75, 3.05) is 24.5 Å². The molecule has 0 saturated carbocycles. The lowest BCUT2D eigenvalue weighted by atomic mass is 10.2. The van der Waals surface area contributed by atoms with Gasteiger partial charge in [-0.1, -0.05) is 13.8 Å². The van der Waals surface area contributed by atoms with Crippen molar-refractivity contribution in [1.82, 2.24) is 10.3 Å². The predicted octanol–water partition coefficient (Wildman–Crippen LogP) is 2.21.